The van der Waals surface area contributed by atoms with Gasteiger partial charge in [-0.05, 0) is 61.3 Å². The van der Waals surface area contributed by atoms with E-state index in [4.69, 9.17) is 35.3 Å². The van der Waals surface area contributed by atoms with Gasteiger partial charge in [-0.2, -0.15) is 5.10 Å². The maximum Gasteiger partial charge on any atom is 0.345 e. The van der Waals surface area contributed by atoms with E-state index >= 15 is 0 Å². The molecule has 6 aromatic rings. The highest BCUT2D eigenvalue weighted by Crippen LogP contribution is 2.49. The summed E-state index contributed by atoms with van der Waals surface area (Å²) in [6.07, 6.45) is 5.64. The summed E-state index contributed by atoms with van der Waals surface area (Å²) in [7, 11) is 3.76. The highest BCUT2D eigenvalue weighted by atomic mass is 35.5. The van der Waals surface area contributed by atoms with Gasteiger partial charge in [-0.15, -0.1) is 11.3 Å². The molecule has 1 aliphatic rings. The number of aryl methyl sites for hydroxylation is 1. The van der Waals surface area contributed by atoms with Crippen molar-refractivity contribution in [3.8, 4) is 44.8 Å². The fraction of sp³-hybridized carbons (Fsp3) is 0.400. The normalized spacial score (nSPS) is 14.0. The van der Waals surface area contributed by atoms with Gasteiger partial charge in [0.1, 0.15) is 42.5 Å². The molecule has 0 aliphatic carbocycles. The third-order valence-corrected chi connectivity index (χ3v) is 12.3. The van der Waals surface area contributed by atoms with E-state index in [1.807, 2.05) is 60.1 Å². The molecule has 0 spiro atoms. The summed E-state index contributed by atoms with van der Waals surface area (Å²) >= 11 is 8.53. The first-order valence-electron chi connectivity index (χ1n) is 20.5. The average Bonchev–Trinajstić information content (AvgIpc) is 3.90. The number of piperazine rings is 1. The zero-order valence-electron chi connectivity index (χ0n) is 35.0. The molecule has 0 bridgehead atoms. The van der Waals surface area contributed by atoms with Crippen molar-refractivity contribution in [2.75, 3.05) is 66.7 Å². The second-order valence-electron chi connectivity index (χ2n) is 14.9. The number of carbonyl (C=O) groups is 1. The first kappa shape index (κ1) is 43.8. The Hall–Kier alpha value is -5.32. The number of unbranched alkanes of at least 4 members (excludes halogenated alkanes) is 1. The number of rotatable bonds is 21. The van der Waals surface area contributed by atoms with Crippen LogP contribution in [0.1, 0.15) is 36.6 Å². The van der Waals surface area contributed by atoms with Gasteiger partial charge in [0, 0.05) is 87.3 Å². The topological polar surface area (TPSA) is 146 Å². The Labute approximate surface area is 365 Å². The second kappa shape index (κ2) is 21.0. The Morgan fingerprint density at radius 3 is 2.54 bits per heavy atom. The molecule has 7 rings (SSSR count). The second-order valence-corrected chi connectivity index (χ2v) is 16.3. The first-order chi connectivity index (χ1) is 29.7. The lowest BCUT2D eigenvalue weighted by Crippen LogP contribution is -2.45. The maximum atomic E-state index is 13.0. The molecule has 5 heterocycles. The number of ether oxygens (including phenoxy) is 5. The van der Waals surface area contributed by atoms with Crippen LogP contribution < -0.4 is 18.9 Å². The van der Waals surface area contributed by atoms with Crippen LogP contribution in [-0.2, 0) is 29.1 Å². The Morgan fingerprint density at radius 1 is 0.934 bits per heavy atom. The predicted octanol–water partition coefficient (Wildman–Crippen LogP) is 7.68. The van der Waals surface area contributed by atoms with E-state index in [1.165, 1.54) is 17.7 Å². The number of likely N-dealkylation sites (N-methyl/N-ethyl adjacent to an activating group) is 1. The molecule has 322 valence electrons. The van der Waals surface area contributed by atoms with Crippen LogP contribution in [-0.4, -0.2) is 118 Å². The predicted molar refractivity (Wildman–Crippen MR) is 236 cm³/mol. The van der Waals surface area contributed by atoms with Gasteiger partial charge in [-0.25, -0.2) is 19.7 Å². The lowest BCUT2D eigenvalue weighted by molar-refractivity contribution is -0.145. The Balaban J connectivity index is 1.21. The first-order valence-corrected chi connectivity index (χ1v) is 21.7. The lowest BCUT2D eigenvalue weighted by atomic mass is 9.96. The largest absolute Gasteiger partial charge is 0.491 e. The van der Waals surface area contributed by atoms with Crippen LogP contribution in [0.15, 0.2) is 73.3 Å². The molecule has 0 unspecified atom stereocenters. The molecular weight excluding hydrogens is 818 g/mol. The molecule has 0 saturated carbocycles. The molecule has 1 fully saturated rings. The van der Waals surface area contributed by atoms with E-state index < -0.39 is 12.1 Å². The molecule has 4 aromatic heterocycles. The molecule has 1 aliphatic heterocycles. The number of thiophene rings is 1. The van der Waals surface area contributed by atoms with Crippen molar-refractivity contribution in [1.82, 2.24) is 34.5 Å². The van der Waals surface area contributed by atoms with Crippen molar-refractivity contribution in [3.63, 3.8) is 0 Å². The fourth-order valence-corrected chi connectivity index (χ4v) is 8.51. The summed E-state index contributed by atoms with van der Waals surface area (Å²) in [6.45, 7) is 11.3. The van der Waals surface area contributed by atoms with Gasteiger partial charge < -0.3 is 33.7 Å². The van der Waals surface area contributed by atoms with Crippen LogP contribution in [0.25, 0.3) is 31.8 Å². The number of pyridine rings is 1. The minimum absolute atomic E-state index is 0.0118. The van der Waals surface area contributed by atoms with Gasteiger partial charge in [0.15, 0.2) is 0 Å². The minimum Gasteiger partial charge on any atom is -0.491 e. The molecule has 1 saturated heterocycles. The van der Waals surface area contributed by atoms with E-state index in [0.717, 1.165) is 84.9 Å². The van der Waals surface area contributed by atoms with Gasteiger partial charge in [0.25, 0.3) is 0 Å². The number of nitrogens with zero attached hydrogens (tertiary/aromatic N) is 7. The van der Waals surface area contributed by atoms with Crippen LogP contribution in [0.4, 0.5) is 0 Å². The average molecular weight is 870 g/mol. The minimum atomic E-state index is -1.32. The lowest BCUT2D eigenvalue weighted by Gasteiger charge is -2.32. The zero-order chi connectivity index (χ0) is 42.7. The zero-order valence-corrected chi connectivity index (χ0v) is 36.6. The molecule has 0 radical (unpaired) electrons. The van der Waals surface area contributed by atoms with Crippen LogP contribution >= 0.6 is 22.9 Å². The number of para-hydroxylation sites is 1. The van der Waals surface area contributed by atoms with Crippen LogP contribution in [0.5, 0.6) is 23.3 Å². The molecule has 16 heteroatoms. The molecule has 14 nitrogen and oxygen atoms in total. The Kier molecular flexibility index (Phi) is 15.0. The number of aliphatic carboxylic acids is 1. The number of carboxylic acid groups (broad SMARTS) is 1. The monoisotopic (exact) mass is 869 g/mol. The maximum absolute atomic E-state index is 13.0. The van der Waals surface area contributed by atoms with Crippen LogP contribution in [0.3, 0.4) is 0 Å². The number of carboxylic acids is 1. The Bertz CT molecular complexity index is 2380. The van der Waals surface area contributed by atoms with E-state index in [9.17, 15) is 9.90 Å². The van der Waals surface area contributed by atoms with E-state index in [1.54, 1.807) is 25.6 Å². The smallest absolute Gasteiger partial charge is 0.345 e. The number of benzene rings is 2. The summed E-state index contributed by atoms with van der Waals surface area (Å²) in [4.78, 5) is 32.9. The molecule has 1 N–H and O–H groups in total. The SMILES string of the molecule is CCCCn1nccc1COc1ccccc1C[C@@H](Oc1ncnc2sc(-c3ccc(OCCOC)nc3)c(-c3ccc(OCCN4CCN(C)CC4)c(Cl)c3C)c12)C(=O)O. The standard InChI is InChI=1S/C45H52ClN7O7S/c1-5-6-17-53-33(15-16-50-53)28-59-35-10-8-7-9-31(35)26-37(45(54)55)60-43-40-39(34-12-13-36(41(46)30(34)2)57-23-22-52-20-18-51(3)19-21-52)42(61-44(40)49-29-48-43)32-11-14-38(47-27-32)58-25-24-56-4/h7-16,27,29,37H,5-6,17-26,28H2,1-4H3,(H,54,55)/t37-/m1/s1. The number of methoxy groups -OCH3 is 1. The number of hydrogen-bond donors (Lipinski definition) is 1. The van der Waals surface area contributed by atoms with Crippen molar-refractivity contribution in [2.24, 2.45) is 0 Å². The third kappa shape index (κ3) is 10.8. The summed E-state index contributed by atoms with van der Waals surface area (Å²) < 4.78 is 31.8. The van der Waals surface area contributed by atoms with Crippen molar-refractivity contribution in [1.29, 1.82) is 0 Å². The van der Waals surface area contributed by atoms with Gasteiger partial charge in [-0.3, -0.25) is 9.58 Å². The van der Waals surface area contributed by atoms with Crippen molar-refractivity contribution < 1.29 is 33.6 Å². The van der Waals surface area contributed by atoms with Gasteiger partial charge in [-0.1, -0.05) is 49.2 Å². The number of hydrogen-bond acceptors (Lipinski definition) is 13. The van der Waals surface area contributed by atoms with Crippen molar-refractivity contribution >= 4 is 39.1 Å². The third-order valence-electron chi connectivity index (χ3n) is 10.7. The molecule has 61 heavy (non-hydrogen) atoms. The van der Waals surface area contributed by atoms with Crippen molar-refractivity contribution in [2.45, 2.75) is 52.4 Å². The molecule has 0 amide bonds. The molecule has 2 aromatic carbocycles. The fourth-order valence-electron chi connectivity index (χ4n) is 7.16. The summed E-state index contributed by atoms with van der Waals surface area (Å²) in [5.41, 5.74) is 4.71. The Morgan fingerprint density at radius 2 is 1.77 bits per heavy atom. The van der Waals surface area contributed by atoms with Crippen LogP contribution in [0, 0.1) is 6.92 Å². The van der Waals surface area contributed by atoms with Gasteiger partial charge in [0.2, 0.25) is 17.9 Å². The highest BCUT2D eigenvalue weighted by molar-refractivity contribution is 7.22. The quantitative estimate of drug-likeness (QED) is 0.0707. The number of aromatic nitrogens is 5. The van der Waals surface area contributed by atoms with Crippen LogP contribution in [0.2, 0.25) is 5.02 Å². The van der Waals surface area contributed by atoms with E-state index in [0.29, 0.717) is 58.0 Å². The van der Waals surface area contributed by atoms with Gasteiger partial charge in [0.05, 0.1) is 22.7 Å². The number of fused-ring (bicyclic) bond motifs is 1. The molecule has 1 atom stereocenters. The molecular formula is C45H52ClN7O7S. The summed E-state index contributed by atoms with van der Waals surface area (Å²) in [5, 5.41) is 16.1. The van der Waals surface area contributed by atoms with E-state index in [-0.39, 0.29) is 18.9 Å². The van der Waals surface area contributed by atoms with Gasteiger partial charge >= 0.3 is 5.97 Å². The highest BCUT2D eigenvalue weighted by Gasteiger charge is 2.28. The van der Waals surface area contributed by atoms with Crippen molar-refractivity contribution in [3.05, 3.63) is 95.2 Å². The van der Waals surface area contributed by atoms with E-state index in [2.05, 4.69) is 43.8 Å². The summed E-state index contributed by atoms with van der Waals surface area (Å²) in [6, 6.07) is 16.9. The number of halogens is 1. The summed E-state index contributed by atoms with van der Waals surface area (Å²) in [5.74, 6) is 0.582.